The molecule has 0 bridgehead atoms. The molecule has 2 atom stereocenters. The van der Waals surface area contributed by atoms with E-state index in [1.54, 1.807) is 32.5 Å². The maximum absolute atomic E-state index is 12.3. The molecule has 0 aromatic heterocycles. The number of carbonyl (C=O) groups excluding carboxylic acids is 1. The van der Waals surface area contributed by atoms with E-state index in [-0.39, 0.29) is 5.25 Å². The predicted molar refractivity (Wildman–Crippen MR) is 95.2 cm³/mol. The van der Waals surface area contributed by atoms with Gasteiger partial charge in [-0.15, -0.1) is 0 Å². The van der Waals surface area contributed by atoms with E-state index in [0.29, 0.717) is 13.0 Å². The number of carboxylic acid groups (broad SMARTS) is 1. The highest BCUT2D eigenvalue weighted by molar-refractivity contribution is 7.99. The predicted octanol–water partition coefficient (Wildman–Crippen LogP) is 3.69. The molecule has 1 saturated heterocycles. The highest BCUT2D eigenvalue weighted by Crippen LogP contribution is 2.32. The van der Waals surface area contributed by atoms with Crippen LogP contribution in [-0.4, -0.2) is 45.5 Å². The Balaban J connectivity index is 2.01. The Hall–Kier alpha value is -1.69. The topological polar surface area (TPSA) is 66.8 Å². The van der Waals surface area contributed by atoms with Gasteiger partial charge in [-0.1, -0.05) is 29.8 Å². The Labute approximate surface area is 147 Å². The zero-order chi connectivity index (χ0) is 17.9. The quantitative estimate of drug-likeness (QED) is 0.896. The number of benzene rings is 1. The molecule has 5 nitrogen and oxygen atoms in total. The van der Waals surface area contributed by atoms with Gasteiger partial charge in [-0.3, -0.25) is 4.90 Å². The maximum Gasteiger partial charge on any atom is 0.411 e. The van der Waals surface area contributed by atoms with Crippen molar-refractivity contribution in [3.05, 3.63) is 35.4 Å². The van der Waals surface area contributed by atoms with Crippen LogP contribution < -0.4 is 0 Å². The van der Waals surface area contributed by atoms with Crippen molar-refractivity contribution >= 4 is 23.8 Å². The summed E-state index contributed by atoms with van der Waals surface area (Å²) in [5.41, 5.74) is 1.72. The molecule has 132 valence electrons. The lowest BCUT2D eigenvalue weighted by Crippen LogP contribution is -2.46. The SMILES string of the molecule is Cc1ccc(CS[C@H]2CCN(C(=O)OC(C)(C)C)[C@@H]2C(=O)O)cc1. The maximum atomic E-state index is 12.3. The van der Waals surface area contributed by atoms with Crippen LogP contribution >= 0.6 is 11.8 Å². The van der Waals surface area contributed by atoms with Crippen molar-refractivity contribution in [2.45, 2.75) is 56.8 Å². The van der Waals surface area contributed by atoms with Gasteiger partial charge in [0, 0.05) is 17.5 Å². The van der Waals surface area contributed by atoms with Gasteiger partial charge in [0.15, 0.2) is 0 Å². The van der Waals surface area contributed by atoms with Crippen LogP contribution in [0.4, 0.5) is 4.79 Å². The number of aryl methyl sites for hydroxylation is 1. The fourth-order valence-electron chi connectivity index (χ4n) is 2.64. The Morgan fingerprint density at radius 2 is 1.92 bits per heavy atom. The Bertz CT molecular complexity index is 594. The summed E-state index contributed by atoms with van der Waals surface area (Å²) in [5.74, 6) is -0.239. The first-order chi connectivity index (χ1) is 11.2. The number of likely N-dealkylation sites (tertiary alicyclic amines) is 1. The number of carbonyl (C=O) groups is 2. The molecule has 24 heavy (non-hydrogen) atoms. The van der Waals surface area contributed by atoms with Gasteiger partial charge in [0.05, 0.1) is 0 Å². The molecule has 1 aromatic carbocycles. The van der Waals surface area contributed by atoms with Crippen molar-refractivity contribution in [1.29, 1.82) is 0 Å². The number of nitrogens with zero attached hydrogens (tertiary/aromatic N) is 1. The zero-order valence-electron chi connectivity index (χ0n) is 14.6. The fourth-order valence-corrected chi connectivity index (χ4v) is 3.96. The van der Waals surface area contributed by atoms with E-state index in [1.165, 1.54) is 10.5 Å². The summed E-state index contributed by atoms with van der Waals surface area (Å²) in [4.78, 5) is 25.3. The second-order valence-corrected chi connectivity index (χ2v) is 8.31. The normalized spacial score (nSPS) is 20.9. The van der Waals surface area contributed by atoms with Crippen LogP contribution in [0.2, 0.25) is 0 Å². The number of aliphatic carboxylic acids is 1. The summed E-state index contributed by atoms with van der Waals surface area (Å²) in [6.07, 6.45) is 0.112. The number of ether oxygens (including phenoxy) is 1. The van der Waals surface area contributed by atoms with Crippen LogP contribution in [0.25, 0.3) is 0 Å². The number of hydrogen-bond acceptors (Lipinski definition) is 4. The first-order valence-electron chi connectivity index (χ1n) is 8.07. The lowest BCUT2D eigenvalue weighted by molar-refractivity contribution is -0.141. The summed E-state index contributed by atoms with van der Waals surface area (Å²) < 4.78 is 5.34. The summed E-state index contributed by atoms with van der Waals surface area (Å²) in [7, 11) is 0. The van der Waals surface area contributed by atoms with Gasteiger partial charge in [-0.2, -0.15) is 11.8 Å². The second-order valence-electron chi connectivity index (χ2n) is 7.08. The number of rotatable bonds is 4. The first-order valence-corrected chi connectivity index (χ1v) is 9.12. The van der Waals surface area contributed by atoms with Crippen molar-refractivity contribution < 1.29 is 19.4 Å². The van der Waals surface area contributed by atoms with Gasteiger partial charge in [0.1, 0.15) is 11.6 Å². The molecule has 0 spiro atoms. The van der Waals surface area contributed by atoms with Crippen molar-refractivity contribution in [2.24, 2.45) is 0 Å². The van der Waals surface area contributed by atoms with Crippen LogP contribution in [0.1, 0.15) is 38.3 Å². The molecule has 1 fully saturated rings. The Morgan fingerprint density at radius 1 is 1.29 bits per heavy atom. The van der Waals surface area contributed by atoms with Gasteiger partial charge in [-0.05, 0) is 39.7 Å². The first kappa shape index (κ1) is 18.6. The lowest BCUT2D eigenvalue weighted by atomic mass is 10.2. The number of amides is 1. The third-order valence-electron chi connectivity index (χ3n) is 3.81. The summed E-state index contributed by atoms with van der Waals surface area (Å²) in [5, 5.41) is 9.44. The van der Waals surface area contributed by atoms with Crippen LogP contribution in [0, 0.1) is 6.92 Å². The largest absolute Gasteiger partial charge is 0.480 e. The number of hydrogen-bond donors (Lipinski definition) is 1. The third-order valence-corrected chi connectivity index (χ3v) is 5.23. The van der Waals surface area contributed by atoms with Crippen molar-refractivity contribution in [2.75, 3.05) is 6.54 Å². The summed E-state index contributed by atoms with van der Waals surface area (Å²) >= 11 is 1.59. The monoisotopic (exact) mass is 351 g/mol. The van der Waals surface area contributed by atoms with E-state index in [9.17, 15) is 14.7 Å². The van der Waals surface area contributed by atoms with Crippen LogP contribution in [0.5, 0.6) is 0 Å². The highest BCUT2D eigenvalue weighted by Gasteiger charge is 2.43. The number of carboxylic acids is 1. The molecule has 1 N–H and O–H groups in total. The van der Waals surface area contributed by atoms with E-state index in [4.69, 9.17) is 4.74 Å². The molecule has 6 heteroatoms. The highest BCUT2D eigenvalue weighted by atomic mass is 32.2. The fraction of sp³-hybridized carbons (Fsp3) is 0.556. The molecule has 1 aliphatic rings. The van der Waals surface area contributed by atoms with E-state index in [1.807, 2.05) is 19.1 Å². The molecular weight excluding hydrogens is 326 g/mol. The molecule has 2 rings (SSSR count). The molecule has 0 unspecified atom stereocenters. The van der Waals surface area contributed by atoms with E-state index in [2.05, 4.69) is 12.1 Å². The minimum Gasteiger partial charge on any atom is -0.480 e. The Kier molecular flexibility index (Phi) is 5.80. The van der Waals surface area contributed by atoms with Gasteiger partial charge < -0.3 is 9.84 Å². The average Bonchev–Trinajstić information content (AvgIpc) is 2.89. The van der Waals surface area contributed by atoms with Crippen LogP contribution in [0.3, 0.4) is 0 Å². The van der Waals surface area contributed by atoms with Crippen molar-refractivity contribution in [3.63, 3.8) is 0 Å². The minimum absolute atomic E-state index is 0.128. The van der Waals surface area contributed by atoms with Gasteiger partial charge in [0.25, 0.3) is 0 Å². The smallest absolute Gasteiger partial charge is 0.411 e. The van der Waals surface area contributed by atoms with E-state index >= 15 is 0 Å². The van der Waals surface area contributed by atoms with Crippen molar-refractivity contribution in [3.8, 4) is 0 Å². The molecule has 0 saturated carbocycles. The third kappa shape index (κ3) is 4.90. The van der Waals surface area contributed by atoms with E-state index < -0.39 is 23.7 Å². The van der Waals surface area contributed by atoms with Gasteiger partial charge >= 0.3 is 12.1 Å². The Morgan fingerprint density at radius 3 is 2.46 bits per heavy atom. The van der Waals surface area contributed by atoms with Crippen LogP contribution in [0.15, 0.2) is 24.3 Å². The second kappa shape index (κ2) is 7.47. The lowest BCUT2D eigenvalue weighted by Gasteiger charge is -2.28. The van der Waals surface area contributed by atoms with Gasteiger partial charge in [-0.25, -0.2) is 9.59 Å². The minimum atomic E-state index is -0.972. The molecule has 1 heterocycles. The molecule has 1 aliphatic heterocycles. The molecule has 1 aromatic rings. The van der Waals surface area contributed by atoms with E-state index in [0.717, 1.165) is 11.3 Å². The van der Waals surface area contributed by atoms with Crippen molar-refractivity contribution in [1.82, 2.24) is 4.90 Å². The average molecular weight is 351 g/mol. The molecule has 1 amide bonds. The molecule has 0 radical (unpaired) electrons. The standard InChI is InChI=1S/C18H25NO4S/c1-12-5-7-13(8-6-12)11-24-14-9-10-19(15(14)16(20)21)17(22)23-18(2,3)4/h5-8,14-15H,9-11H2,1-4H3,(H,20,21)/t14-,15-/m0/s1. The van der Waals surface area contributed by atoms with Crippen LogP contribution in [-0.2, 0) is 15.3 Å². The summed E-state index contributed by atoms with van der Waals surface area (Å²) in [6.45, 7) is 7.78. The number of thioether (sulfide) groups is 1. The molecular formula is C18H25NO4S. The summed E-state index contributed by atoms with van der Waals surface area (Å²) in [6, 6.07) is 7.37. The van der Waals surface area contributed by atoms with Gasteiger partial charge in [0.2, 0.25) is 0 Å². The zero-order valence-corrected chi connectivity index (χ0v) is 15.4. The molecule has 0 aliphatic carbocycles.